The summed E-state index contributed by atoms with van der Waals surface area (Å²) >= 11 is 3.53. The first kappa shape index (κ1) is 12.2. The van der Waals surface area contributed by atoms with E-state index in [1.165, 1.54) is 28.2 Å². The molecule has 2 heteroatoms. The van der Waals surface area contributed by atoms with Gasteiger partial charge >= 0.3 is 0 Å². The average Bonchev–Trinajstić information content (AvgIpc) is 2.83. The third-order valence-corrected chi connectivity index (χ3v) is 4.73. The van der Waals surface area contributed by atoms with E-state index < -0.39 is 0 Å². The number of hydrogen-bond donors (Lipinski definition) is 0. The second-order valence-corrected chi connectivity index (χ2v) is 6.33. The zero-order valence-electron chi connectivity index (χ0n) is 11.3. The molecule has 2 aliphatic rings. The van der Waals surface area contributed by atoms with E-state index in [2.05, 4.69) is 69.1 Å². The fourth-order valence-electron chi connectivity index (χ4n) is 3.32. The van der Waals surface area contributed by atoms with Crippen LogP contribution in [-0.4, -0.2) is 4.57 Å². The Labute approximate surface area is 127 Å². The van der Waals surface area contributed by atoms with Gasteiger partial charge in [-0.3, -0.25) is 0 Å². The van der Waals surface area contributed by atoms with Gasteiger partial charge in [0.05, 0.1) is 0 Å². The van der Waals surface area contributed by atoms with E-state index in [1.807, 2.05) is 0 Å². The molecule has 1 aromatic carbocycles. The molecule has 20 heavy (non-hydrogen) atoms. The third-order valence-electron chi connectivity index (χ3n) is 4.20. The van der Waals surface area contributed by atoms with Crippen LogP contribution in [0.4, 0.5) is 0 Å². The number of nitrogens with zero attached hydrogens (tertiary/aromatic N) is 1. The van der Waals surface area contributed by atoms with Crippen molar-refractivity contribution in [3.8, 4) is 5.69 Å². The summed E-state index contributed by atoms with van der Waals surface area (Å²) in [5, 5.41) is 0. The quantitative estimate of drug-likeness (QED) is 0.682. The van der Waals surface area contributed by atoms with E-state index in [4.69, 9.17) is 0 Å². The summed E-state index contributed by atoms with van der Waals surface area (Å²) in [6.45, 7) is 0. The molecule has 0 saturated carbocycles. The number of benzene rings is 1. The van der Waals surface area contributed by atoms with Crippen LogP contribution in [0.5, 0.6) is 0 Å². The van der Waals surface area contributed by atoms with Gasteiger partial charge < -0.3 is 4.57 Å². The first-order valence-corrected chi connectivity index (χ1v) is 7.99. The zero-order valence-corrected chi connectivity index (χ0v) is 12.9. The van der Waals surface area contributed by atoms with Gasteiger partial charge in [0, 0.05) is 32.7 Å². The van der Waals surface area contributed by atoms with Crippen LogP contribution < -0.4 is 0 Å². The molecule has 2 aliphatic carbocycles. The highest BCUT2D eigenvalue weighted by molar-refractivity contribution is 9.10. The summed E-state index contributed by atoms with van der Waals surface area (Å²) in [5.41, 5.74) is 7.12. The van der Waals surface area contributed by atoms with Gasteiger partial charge in [-0.1, -0.05) is 40.2 Å². The van der Waals surface area contributed by atoms with E-state index in [0.29, 0.717) is 0 Å². The highest BCUT2D eigenvalue weighted by Crippen LogP contribution is 2.35. The zero-order chi connectivity index (χ0) is 13.5. The molecule has 100 valence electrons. The lowest BCUT2D eigenvalue weighted by Crippen LogP contribution is -2.06. The molecule has 0 radical (unpaired) electrons. The number of hydrogen-bond acceptors (Lipinski definition) is 0. The van der Waals surface area contributed by atoms with Crippen molar-refractivity contribution < 1.29 is 0 Å². The lowest BCUT2D eigenvalue weighted by molar-refractivity contribution is 0.813. The van der Waals surface area contributed by atoms with Crippen LogP contribution in [0, 0.1) is 0 Å². The molecule has 0 unspecified atom stereocenters. The highest BCUT2D eigenvalue weighted by atomic mass is 79.9. The Hall–Kier alpha value is -1.54. The first-order chi connectivity index (χ1) is 9.84. The van der Waals surface area contributed by atoms with Crippen molar-refractivity contribution in [3.63, 3.8) is 0 Å². The van der Waals surface area contributed by atoms with Crippen molar-refractivity contribution in [2.24, 2.45) is 0 Å². The van der Waals surface area contributed by atoms with Gasteiger partial charge in [-0.2, -0.15) is 0 Å². The maximum Gasteiger partial charge on any atom is 0.0456 e. The Morgan fingerprint density at radius 2 is 1.35 bits per heavy atom. The smallest absolute Gasteiger partial charge is 0.0456 e. The number of aromatic nitrogens is 1. The van der Waals surface area contributed by atoms with Crippen molar-refractivity contribution in [2.45, 2.75) is 25.7 Å². The van der Waals surface area contributed by atoms with Gasteiger partial charge in [-0.15, -0.1) is 0 Å². The molecule has 1 heterocycles. The predicted molar refractivity (Wildman–Crippen MR) is 88.2 cm³/mol. The molecular formula is C18H16BrN. The maximum atomic E-state index is 3.53. The highest BCUT2D eigenvalue weighted by Gasteiger charge is 2.22. The minimum absolute atomic E-state index is 1.14. The van der Waals surface area contributed by atoms with E-state index in [-0.39, 0.29) is 0 Å². The Morgan fingerprint density at radius 3 is 1.90 bits per heavy atom. The summed E-state index contributed by atoms with van der Waals surface area (Å²) in [7, 11) is 0. The largest absolute Gasteiger partial charge is 0.317 e. The summed E-state index contributed by atoms with van der Waals surface area (Å²) in [5.74, 6) is 0. The number of rotatable bonds is 1. The first-order valence-electron chi connectivity index (χ1n) is 7.20. The minimum atomic E-state index is 1.14. The van der Waals surface area contributed by atoms with Crippen molar-refractivity contribution in [3.05, 3.63) is 63.4 Å². The molecule has 1 aromatic heterocycles. The Balaban J connectivity index is 1.99. The molecule has 0 N–H and O–H groups in total. The van der Waals surface area contributed by atoms with Gasteiger partial charge in [0.2, 0.25) is 0 Å². The topological polar surface area (TPSA) is 4.93 Å². The van der Waals surface area contributed by atoms with Gasteiger partial charge in [-0.25, -0.2) is 0 Å². The van der Waals surface area contributed by atoms with E-state index in [1.54, 1.807) is 0 Å². The molecule has 0 spiro atoms. The number of allylic oxidation sites excluding steroid dienone is 2. The van der Waals surface area contributed by atoms with Gasteiger partial charge in [-0.05, 0) is 49.9 Å². The maximum absolute atomic E-state index is 3.53. The Kier molecular flexibility index (Phi) is 2.92. The molecule has 1 nitrogen and oxygen atoms in total. The van der Waals surface area contributed by atoms with Crippen LogP contribution in [0.25, 0.3) is 17.8 Å². The molecule has 0 fully saturated rings. The monoisotopic (exact) mass is 325 g/mol. The SMILES string of the molecule is Brc1ccc(-n2c3c(c4c2CCC=C4)C=CCC3)cc1. The van der Waals surface area contributed by atoms with Crippen LogP contribution in [0.2, 0.25) is 0 Å². The molecule has 0 bridgehead atoms. The van der Waals surface area contributed by atoms with Crippen LogP contribution >= 0.6 is 15.9 Å². The third kappa shape index (κ3) is 1.82. The second kappa shape index (κ2) is 4.78. The summed E-state index contributed by atoms with van der Waals surface area (Å²) in [4.78, 5) is 0. The van der Waals surface area contributed by atoms with Crippen LogP contribution in [-0.2, 0) is 12.8 Å². The van der Waals surface area contributed by atoms with Crippen LogP contribution in [0.15, 0.2) is 40.9 Å². The molecule has 0 atom stereocenters. The van der Waals surface area contributed by atoms with E-state index in [0.717, 1.165) is 30.2 Å². The minimum Gasteiger partial charge on any atom is -0.317 e. The molecule has 0 aliphatic heterocycles. The van der Waals surface area contributed by atoms with Gasteiger partial charge in [0.25, 0.3) is 0 Å². The second-order valence-electron chi connectivity index (χ2n) is 5.41. The van der Waals surface area contributed by atoms with Crippen molar-refractivity contribution in [2.75, 3.05) is 0 Å². The molecule has 2 aromatic rings. The van der Waals surface area contributed by atoms with Gasteiger partial charge in [0.15, 0.2) is 0 Å². The number of fused-ring (bicyclic) bond motifs is 3. The normalized spacial score (nSPS) is 16.1. The molecule has 4 rings (SSSR count). The lowest BCUT2D eigenvalue weighted by atomic mass is 9.97. The van der Waals surface area contributed by atoms with Crippen molar-refractivity contribution >= 4 is 28.1 Å². The average molecular weight is 326 g/mol. The van der Waals surface area contributed by atoms with Gasteiger partial charge in [0.1, 0.15) is 0 Å². The summed E-state index contributed by atoms with van der Waals surface area (Å²) in [6, 6.07) is 8.68. The summed E-state index contributed by atoms with van der Waals surface area (Å²) < 4.78 is 3.63. The van der Waals surface area contributed by atoms with E-state index >= 15 is 0 Å². The lowest BCUT2D eigenvalue weighted by Gasteiger charge is -2.16. The fourth-order valence-corrected chi connectivity index (χ4v) is 3.59. The molecule has 0 saturated heterocycles. The van der Waals surface area contributed by atoms with Crippen LogP contribution in [0.1, 0.15) is 35.4 Å². The van der Waals surface area contributed by atoms with Crippen LogP contribution in [0.3, 0.4) is 0 Å². The number of halogens is 1. The molecular weight excluding hydrogens is 310 g/mol. The predicted octanol–water partition coefficient (Wildman–Crippen LogP) is 5.16. The van der Waals surface area contributed by atoms with Crippen molar-refractivity contribution in [1.29, 1.82) is 0 Å². The standard InChI is InChI=1S/C18H16BrN/c19-13-9-11-14(12-10-13)20-17-7-3-1-5-15(17)16-6-2-4-8-18(16)20/h1-2,5-6,9-12H,3-4,7-8H2. The van der Waals surface area contributed by atoms with E-state index in [9.17, 15) is 0 Å². The Bertz CT molecular complexity index is 677. The van der Waals surface area contributed by atoms with Crippen molar-refractivity contribution in [1.82, 2.24) is 4.57 Å². The Morgan fingerprint density at radius 1 is 0.800 bits per heavy atom. The fraction of sp³-hybridized carbons (Fsp3) is 0.222. The summed E-state index contributed by atoms with van der Waals surface area (Å²) in [6.07, 6.45) is 13.8. The molecule has 0 amide bonds.